The molecule has 0 aliphatic heterocycles. The zero-order valence-corrected chi connectivity index (χ0v) is 13.2. The minimum absolute atomic E-state index is 0.350. The van der Waals surface area contributed by atoms with Crippen molar-refractivity contribution in [1.29, 1.82) is 0 Å². The minimum atomic E-state index is -0.445. The van der Waals surface area contributed by atoms with Crippen LogP contribution in [-0.2, 0) is 6.42 Å². The van der Waals surface area contributed by atoms with Crippen molar-refractivity contribution in [3.05, 3.63) is 29.8 Å². The molecule has 3 heteroatoms. The van der Waals surface area contributed by atoms with Crippen molar-refractivity contribution in [2.45, 2.75) is 51.6 Å². The highest BCUT2D eigenvalue weighted by Crippen LogP contribution is 2.22. The van der Waals surface area contributed by atoms with Crippen molar-refractivity contribution in [1.82, 2.24) is 5.32 Å². The molecule has 1 fully saturated rings. The third-order valence-electron chi connectivity index (χ3n) is 4.31. The van der Waals surface area contributed by atoms with E-state index in [0.717, 1.165) is 24.6 Å². The smallest absolute Gasteiger partial charge is 0.119 e. The molecule has 0 bridgehead atoms. The Morgan fingerprint density at radius 1 is 1.19 bits per heavy atom. The lowest BCUT2D eigenvalue weighted by atomic mass is 9.89. The Bertz CT molecular complexity index is 385. The lowest BCUT2D eigenvalue weighted by Crippen LogP contribution is -2.34. The molecule has 2 N–H and O–H groups in total. The molecule has 0 aromatic heterocycles. The van der Waals surface area contributed by atoms with Crippen LogP contribution in [0.15, 0.2) is 24.3 Å². The van der Waals surface area contributed by atoms with Gasteiger partial charge in [-0.2, -0.15) is 0 Å². The predicted octanol–water partition coefficient (Wildman–Crippen LogP) is 3.16. The summed E-state index contributed by atoms with van der Waals surface area (Å²) in [6, 6.07) is 8.09. The molecule has 21 heavy (non-hydrogen) atoms. The van der Waals surface area contributed by atoms with Crippen molar-refractivity contribution in [2.75, 3.05) is 19.7 Å². The summed E-state index contributed by atoms with van der Waals surface area (Å²) in [5.74, 6) is 1.63. The van der Waals surface area contributed by atoms with Crippen molar-refractivity contribution in [3.63, 3.8) is 0 Å². The molecule has 1 unspecified atom stereocenters. The average molecular weight is 291 g/mol. The third-order valence-corrected chi connectivity index (χ3v) is 4.31. The summed E-state index contributed by atoms with van der Waals surface area (Å²) in [4.78, 5) is 0. The molecule has 0 saturated heterocycles. The molecule has 1 aliphatic rings. The molecular formula is C18H29NO2. The Kier molecular flexibility index (Phi) is 7.04. The first-order valence-electron chi connectivity index (χ1n) is 8.38. The molecule has 1 aliphatic carbocycles. The number of aliphatic hydroxyl groups is 1. The SMILES string of the molecule is CCc1ccc(OCC(O)CNCC2CCCCC2)cc1. The summed E-state index contributed by atoms with van der Waals surface area (Å²) in [7, 11) is 0. The molecule has 0 spiro atoms. The molecule has 118 valence electrons. The zero-order valence-electron chi connectivity index (χ0n) is 13.2. The second-order valence-electron chi connectivity index (χ2n) is 6.12. The van der Waals surface area contributed by atoms with Crippen LogP contribution in [0.2, 0.25) is 0 Å². The number of benzene rings is 1. The van der Waals surface area contributed by atoms with Gasteiger partial charge in [0.1, 0.15) is 18.5 Å². The Hall–Kier alpha value is -1.06. The van der Waals surface area contributed by atoms with E-state index in [-0.39, 0.29) is 0 Å². The van der Waals surface area contributed by atoms with Crippen LogP contribution < -0.4 is 10.1 Å². The lowest BCUT2D eigenvalue weighted by Gasteiger charge is -2.22. The number of hydrogen-bond donors (Lipinski definition) is 2. The summed E-state index contributed by atoms with van der Waals surface area (Å²) in [5, 5.41) is 13.3. The largest absolute Gasteiger partial charge is 0.491 e. The summed E-state index contributed by atoms with van der Waals surface area (Å²) >= 11 is 0. The highest BCUT2D eigenvalue weighted by molar-refractivity contribution is 5.27. The van der Waals surface area contributed by atoms with E-state index < -0.39 is 6.10 Å². The summed E-state index contributed by atoms with van der Waals surface area (Å²) in [6.45, 7) is 4.13. The van der Waals surface area contributed by atoms with Crippen LogP contribution in [0, 0.1) is 5.92 Å². The zero-order chi connectivity index (χ0) is 14.9. The van der Waals surface area contributed by atoms with Crippen LogP contribution in [-0.4, -0.2) is 30.9 Å². The Balaban J connectivity index is 1.59. The van der Waals surface area contributed by atoms with E-state index in [1.165, 1.54) is 37.7 Å². The van der Waals surface area contributed by atoms with Gasteiger partial charge in [0.25, 0.3) is 0 Å². The van der Waals surface area contributed by atoms with E-state index in [9.17, 15) is 5.11 Å². The van der Waals surface area contributed by atoms with Gasteiger partial charge in [0.2, 0.25) is 0 Å². The third kappa shape index (κ3) is 6.06. The van der Waals surface area contributed by atoms with Gasteiger partial charge in [0.05, 0.1) is 0 Å². The number of rotatable bonds is 8. The molecule has 1 aromatic carbocycles. The lowest BCUT2D eigenvalue weighted by molar-refractivity contribution is 0.105. The second-order valence-corrected chi connectivity index (χ2v) is 6.12. The van der Waals surface area contributed by atoms with Crippen molar-refractivity contribution >= 4 is 0 Å². The van der Waals surface area contributed by atoms with E-state index in [1.807, 2.05) is 12.1 Å². The number of aliphatic hydroxyl groups excluding tert-OH is 1. The summed E-state index contributed by atoms with van der Waals surface area (Å²) < 4.78 is 5.62. The first kappa shape index (κ1) is 16.3. The first-order valence-corrected chi connectivity index (χ1v) is 8.38. The van der Waals surface area contributed by atoms with E-state index in [2.05, 4.69) is 24.4 Å². The maximum absolute atomic E-state index is 9.95. The molecule has 2 rings (SSSR count). The number of aryl methyl sites for hydroxylation is 1. The number of hydrogen-bond acceptors (Lipinski definition) is 3. The van der Waals surface area contributed by atoms with E-state index in [0.29, 0.717) is 13.2 Å². The highest BCUT2D eigenvalue weighted by Gasteiger charge is 2.13. The van der Waals surface area contributed by atoms with Gasteiger partial charge in [0, 0.05) is 6.54 Å². The minimum Gasteiger partial charge on any atom is -0.491 e. The highest BCUT2D eigenvalue weighted by atomic mass is 16.5. The molecular weight excluding hydrogens is 262 g/mol. The molecule has 1 saturated carbocycles. The fourth-order valence-corrected chi connectivity index (χ4v) is 2.92. The van der Waals surface area contributed by atoms with Crippen molar-refractivity contribution in [3.8, 4) is 5.75 Å². The van der Waals surface area contributed by atoms with Crippen LogP contribution in [0.25, 0.3) is 0 Å². The molecule has 0 heterocycles. The summed E-state index contributed by atoms with van der Waals surface area (Å²) in [5.41, 5.74) is 1.30. The maximum atomic E-state index is 9.95. The van der Waals surface area contributed by atoms with Crippen LogP contribution in [0.4, 0.5) is 0 Å². The van der Waals surface area contributed by atoms with Gasteiger partial charge in [0.15, 0.2) is 0 Å². The number of ether oxygens (including phenoxy) is 1. The number of nitrogens with one attached hydrogen (secondary N) is 1. The average Bonchev–Trinajstić information content (AvgIpc) is 2.54. The van der Waals surface area contributed by atoms with Gasteiger partial charge in [-0.05, 0) is 49.4 Å². The van der Waals surface area contributed by atoms with Gasteiger partial charge < -0.3 is 15.2 Å². The van der Waals surface area contributed by atoms with Crippen molar-refractivity contribution < 1.29 is 9.84 Å². The van der Waals surface area contributed by atoms with Gasteiger partial charge >= 0.3 is 0 Å². The van der Waals surface area contributed by atoms with E-state index in [1.54, 1.807) is 0 Å². The Labute approximate surface area is 128 Å². The standard InChI is InChI=1S/C18H29NO2/c1-2-15-8-10-18(11-9-15)21-14-17(20)13-19-12-16-6-4-3-5-7-16/h8-11,16-17,19-20H,2-7,12-14H2,1H3. The van der Waals surface area contributed by atoms with E-state index >= 15 is 0 Å². The Morgan fingerprint density at radius 2 is 1.90 bits per heavy atom. The fourth-order valence-electron chi connectivity index (χ4n) is 2.92. The maximum Gasteiger partial charge on any atom is 0.119 e. The quantitative estimate of drug-likeness (QED) is 0.773. The van der Waals surface area contributed by atoms with Gasteiger partial charge in [-0.25, -0.2) is 0 Å². The topological polar surface area (TPSA) is 41.5 Å². The first-order chi connectivity index (χ1) is 10.3. The Morgan fingerprint density at radius 3 is 2.57 bits per heavy atom. The molecule has 1 aromatic rings. The predicted molar refractivity (Wildman–Crippen MR) is 86.8 cm³/mol. The normalized spacial score (nSPS) is 17.6. The molecule has 1 atom stereocenters. The van der Waals surface area contributed by atoms with Crippen LogP contribution in [0.1, 0.15) is 44.6 Å². The van der Waals surface area contributed by atoms with Crippen LogP contribution >= 0.6 is 0 Å². The van der Waals surface area contributed by atoms with Crippen LogP contribution in [0.5, 0.6) is 5.75 Å². The van der Waals surface area contributed by atoms with Gasteiger partial charge in [-0.15, -0.1) is 0 Å². The fraction of sp³-hybridized carbons (Fsp3) is 0.667. The molecule has 0 amide bonds. The molecule has 3 nitrogen and oxygen atoms in total. The van der Waals surface area contributed by atoms with Crippen LogP contribution in [0.3, 0.4) is 0 Å². The van der Waals surface area contributed by atoms with Gasteiger partial charge in [-0.1, -0.05) is 38.3 Å². The van der Waals surface area contributed by atoms with Crippen molar-refractivity contribution in [2.24, 2.45) is 5.92 Å². The van der Waals surface area contributed by atoms with E-state index in [4.69, 9.17) is 4.74 Å². The molecule has 0 radical (unpaired) electrons. The van der Waals surface area contributed by atoms with Gasteiger partial charge in [-0.3, -0.25) is 0 Å². The summed E-state index contributed by atoms with van der Waals surface area (Å²) in [6.07, 6.45) is 7.39. The second kappa shape index (κ2) is 9.06. The monoisotopic (exact) mass is 291 g/mol.